The topological polar surface area (TPSA) is 29.5 Å². The number of hydrogen-bond acceptors (Lipinski definition) is 2. The van der Waals surface area contributed by atoms with E-state index in [4.69, 9.17) is 4.74 Å². The van der Waals surface area contributed by atoms with E-state index in [9.17, 15) is 4.79 Å². The third-order valence-corrected chi connectivity index (χ3v) is 3.25. The molecule has 0 aromatic heterocycles. The molecule has 1 saturated heterocycles. The van der Waals surface area contributed by atoms with Gasteiger partial charge < -0.3 is 4.74 Å². The van der Waals surface area contributed by atoms with Crippen molar-refractivity contribution in [3.8, 4) is 0 Å². The summed E-state index contributed by atoms with van der Waals surface area (Å²) in [4.78, 5) is 13.0. The van der Waals surface area contributed by atoms with E-state index in [1.54, 1.807) is 4.90 Å². The molecule has 0 aromatic carbocycles. The molecule has 0 bridgehead atoms. The Morgan fingerprint density at radius 2 is 2.40 bits per heavy atom. The van der Waals surface area contributed by atoms with E-state index in [0.717, 1.165) is 12.8 Å². The molecule has 0 radical (unpaired) electrons. The fraction of sp³-hybridized carbons (Fsp3) is 0.583. The lowest BCUT2D eigenvalue weighted by atomic mass is 9.86. The van der Waals surface area contributed by atoms with Gasteiger partial charge in [-0.1, -0.05) is 18.6 Å². The normalized spacial score (nSPS) is 29.3. The van der Waals surface area contributed by atoms with Crippen LogP contribution < -0.4 is 0 Å². The smallest absolute Gasteiger partial charge is 0.413 e. The quantitative estimate of drug-likeness (QED) is 0.619. The molecule has 3 heteroatoms. The average Bonchev–Trinajstić information content (AvgIpc) is 2.60. The first-order valence-corrected chi connectivity index (χ1v) is 5.49. The van der Waals surface area contributed by atoms with Crippen LogP contribution in [0.1, 0.15) is 26.7 Å². The van der Waals surface area contributed by atoms with Gasteiger partial charge in [0.25, 0.3) is 0 Å². The van der Waals surface area contributed by atoms with E-state index in [-0.39, 0.29) is 6.09 Å². The molecule has 3 nitrogen and oxygen atoms in total. The number of carbonyl (C=O) groups is 1. The van der Waals surface area contributed by atoms with E-state index < -0.39 is 0 Å². The van der Waals surface area contributed by atoms with Crippen LogP contribution in [0, 0.1) is 5.92 Å². The Labute approximate surface area is 90.4 Å². The fourth-order valence-corrected chi connectivity index (χ4v) is 2.05. The summed E-state index contributed by atoms with van der Waals surface area (Å²) in [6, 6.07) is 0. The Balaban J connectivity index is 2.13. The van der Waals surface area contributed by atoms with Crippen LogP contribution in [-0.4, -0.2) is 24.1 Å². The Bertz CT molecular complexity index is 331. The summed E-state index contributed by atoms with van der Waals surface area (Å²) < 4.78 is 4.90. The predicted octanol–water partition coefficient (Wildman–Crippen LogP) is 2.70. The first kappa shape index (κ1) is 10.3. The van der Waals surface area contributed by atoms with Gasteiger partial charge in [0.2, 0.25) is 0 Å². The molecular formula is C12H17NO2. The highest BCUT2D eigenvalue weighted by Gasteiger charge is 2.22. The number of allylic oxidation sites excluding steroid dienone is 3. The Hall–Kier alpha value is -1.25. The van der Waals surface area contributed by atoms with Crippen molar-refractivity contribution >= 4 is 6.09 Å². The molecule has 1 atom stereocenters. The highest BCUT2D eigenvalue weighted by Crippen LogP contribution is 2.29. The molecule has 0 spiro atoms. The lowest BCUT2D eigenvalue weighted by molar-refractivity contribution is 0.166. The Morgan fingerprint density at radius 3 is 3.07 bits per heavy atom. The highest BCUT2D eigenvalue weighted by molar-refractivity contribution is 5.70. The van der Waals surface area contributed by atoms with Gasteiger partial charge in [-0.15, -0.1) is 0 Å². The predicted molar refractivity (Wildman–Crippen MR) is 58.3 cm³/mol. The summed E-state index contributed by atoms with van der Waals surface area (Å²) >= 11 is 0. The van der Waals surface area contributed by atoms with Gasteiger partial charge in [0, 0.05) is 6.20 Å². The number of carbonyl (C=O) groups excluding carboxylic acids is 1. The maximum Gasteiger partial charge on any atom is 0.413 e. The van der Waals surface area contributed by atoms with Gasteiger partial charge in [-0.3, -0.25) is 4.90 Å². The fourth-order valence-electron chi connectivity index (χ4n) is 2.05. The molecule has 0 unspecified atom stereocenters. The standard InChI is InChI=1S/C12H17NO2/c1-9-4-3-5-11(10(9)2)8-13-6-7-15-12(13)14/h4,8,10H,3,5-7H2,1-2H3/b11-8-/t10-/m1/s1. The van der Waals surface area contributed by atoms with E-state index in [0.29, 0.717) is 19.1 Å². The summed E-state index contributed by atoms with van der Waals surface area (Å²) in [5, 5.41) is 0. The van der Waals surface area contributed by atoms with Gasteiger partial charge in [-0.25, -0.2) is 4.79 Å². The molecule has 2 rings (SSSR count). The van der Waals surface area contributed by atoms with Crippen molar-refractivity contribution in [2.45, 2.75) is 26.7 Å². The number of cyclic esters (lactones) is 1. The number of nitrogens with zero attached hydrogens (tertiary/aromatic N) is 1. The zero-order chi connectivity index (χ0) is 10.8. The molecular weight excluding hydrogens is 190 g/mol. The first-order valence-electron chi connectivity index (χ1n) is 5.49. The monoisotopic (exact) mass is 207 g/mol. The summed E-state index contributed by atoms with van der Waals surface area (Å²) in [5.74, 6) is 0.465. The minimum Gasteiger partial charge on any atom is -0.447 e. The van der Waals surface area contributed by atoms with Crippen molar-refractivity contribution in [3.63, 3.8) is 0 Å². The number of hydrogen-bond donors (Lipinski definition) is 0. The molecule has 0 saturated carbocycles. The molecule has 1 aliphatic heterocycles. The Morgan fingerprint density at radius 1 is 1.60 bits per heavy atom. The van der Waals surface area contributed by atoms with Crippen LogP contribution >= 0.6 is 0 Å². The Kier molecular flexibility index (Phi) is 2.80. The van der Waals surface area contributed by atoms with Gasteiger partial charge in [0.15, 0.2) is 0 Å². The van der Waals surface area contributed by atoms with Crippen LogP contribution in [0.5, 0.6) is 0 Å². The number of rotatable bonds is 1. The maximum atomic E-state index is 11.3. The minimum absolute atomic E-state index is 0.207. The lowest BCUT2D eigenvalue weighted by Crippen LogP contribution is -2.20. The second-order valence-electron chi connectivity index (χ2n) is 4.22. The SMILES string of the molecule is CC1=CCC/C(=C/N2CCOC2=O)[C@@H]1C. The van der Waals surface area contributed by atoms with E-state index in [1.807, 2.05) is 6.20 Å². The zero-order valence-corrected chi connectivity index (χ0v) is 9.32. The van der Waals surface area contributed by atoms with Crippen LogP contribution in [0.4, 0.5) is 4.79 Å². The van der Waals surface area contributed by atoms with Gasteiger partial charge in [-0.05, 0) is 31.3 Å². The van der Waals surface area contributed by atoms with Crippen molar-refractivity contribution in [3.05, 3.63) is 23.4 Å². The van der Waals surface area contributed by atoms with Crippen LogP contribution in [0.2, 0.25) is 0 Å². The van der Waals surface area contributed by atoms with Crippen molar-refractivity contribution in [2.24, 2.45) is 5.92 Å². The average molecular weight is 207 g/mol. The van der Waals surface area contributed by atoms with Crippen LogP contribution in [0.15, 0.2) is 23.4 Å². The van der Waals surface area contributed by atoms with Crippen molar-refractivity contribution < 1.29 is 9.53 Å². The number of amides is 1. The largest absolute Gasteiger partial charge is 0.447 e. The molecule has 15 heavy (non-hydrogen) atoms. The maximum absolute atomic E-state index is 11.3. The molecule has 1 fully saturated rings. The van der Waals surface area contributed by atoms with Gasteiger partial charge >= 0.3 is 6.09 Å². The molecule has 0 aromatic rings. The van der Waals surface area contributed by atoms with E-state index in [1.165, 1.54) is 11.1 Å². The van der Waals surface area contributed by atoms with Gasteiger partial charge in [-0.2, -0.15) is 0 Å². The molecule has 1 amide bonds. The number of ether oxygens (including phenoxy) is 1. The molecule has 82 valence electrons. The first-order chi connectivity index (χ1) is 7.18. The second-order valence-corrected chi connectivity index (χ2v) is 4.22. The summed E-state index contributed by atoms with van der Waals surface area (Å²) in [6.45, 7) is 5.56. The van der Waals surface area contributed by atoms with Gasteiger partial charge in [0.05, 0.1) is 6.54 Å². The molecule has 1 heterocycles. The minimum atomic E-state index is -0.207. The molecule has 2 aliphatic rings. The van der Waals surface area contributed by atoms with Gasteiger partial charge in [0.1, 0.15) is 6.61 Å². The van der Waals surface area contributed by atoms with E-state index in [2.05, 4.69) is 19.9 Å². The van der Waals surface area contributed by atoms with Crippen molar-refractivity contribution in [1.29, 1.82) is 0 Å². The summed E-state index contributed by atoms with van der Waals surface area (Å²) in [7, 11) is 0. The molecule has 0 N–H and O–H groups in total. The highest BCUT2D eigenvalue weighted by atomic mass is 16.6. The lowest BCUT2D eigenvalue weighted by Gasteiger charge is -2.23. The van der Waals surface area contributed by atoms with Crippen molar-refractivity contribution in [2.75, 3.05) is 13.2 Å². The summed E-state index contributed by atoms with van der Waals surface area (Å²) in [5.41, 5.74) is 2.74. The zero-order valence-electron chi connectivity index (χ0n) is 9.32. The van der Waals surface area contributed by atoms with Crippen LogP contribution in [0.25, 0.3) is 0 Å². The van der Waals surface area contributed by atoms with Crippen LogP contribution in [-0.2, 0) is 4.74 Å². The van der Waals surface area contributed by atoms with Crippen LogP contribution in [0.3, 0.4) is 0 Å². The summed E-state index contributed by atoms with van der Waals surface area (Å²) in [6.07, 6.45) is 6.20. The third kappa shape index (κ3) is 2.06. The third-order valence-electron chi connectivity index (χ3n) is 3.25. The van der Waals surface area contributed by atoms with Crippen molar-refractivity contribution in [1.82, 2.24) is 4.90 Å². The van der Waals surface area contributed by atoms with E-state index >= 15 is 0 Å². The molecule has 1 aliphatic carbocycles. The second kappa shape index (κ2) is 4.09.